The van der Waals surface area contributed by atoms with Crippen molar-refractivity contribution in [2.75, 3.05) is 45.4 Å². The molecule has 0 aliphatic carbocycles. The molecule has 0 aliphatic heterocycles. The molecule has 0 aromatic rings. The highest BCUT2D eigenvalue weighted by molar-refractivity contribution is 7.99. The van der Waals surface area contributed by atoms with Crippen molar-refractivity contribution in [2.24, 2.45) is 0 Å². The number of ether oxygens (including phenoxy) is 1. The zero-order valence-electron chi connectivity index (χ0n) is 8.26. The van der Waals surface area contributed by atoms with Crippen molar-refractivity contribution in [3.8, 4) is 0 Å². The number of carbonyl (C=O) groups excluding carboxylic acids is 1. The summed E-state index contributed by atoms with van der Waals surface area (Å²) in [6, 6.07) is 0. The van der Waals surface area contributed by atoms with Crippen LogP contribution >= 0.6 is 11.8 Å². The van der Waals surface area contributed by atoms with Gasteiger partial charge in [0.15, 0.2) is 0 Å². The van der Waals surface area contributed by atoms with Crippen LogP contribution < -0.4 is 10.6 Å². The van der Waals surface area contributed by atoms with E-state index in [1.807, 2.05) is 6.26 Å². The van der Waals surface area contributed by atoms with Gasteiger partial charge in [-0.3, -0.25) is 4.79 Å². The first kappa shape index (κ1) is 12.7. The third-order valence-electron chi connectivity index (χ3n) is 1.38. The summed E-state index contributed by atoms with van der Waals surface area (Å²) < 4.78 is 4.85. The van der Waals surface area contributed by atoms with Crippen LogP contribution in [0.2, 0.25) is 0 Å². The van der Waals surface area contributed by atoms with Gasteiger partial charge in [-0.15, -0.1) is 0 Å². The lowest BCUT2D eigenvalue weighted by Crippen LogP contribution is -2.33. The minimum atomic E-state index is 0.0982. The summed E-state index contributed by atoms with van der Waals surface area (Å²) in [7, 11) is 1.67. The lowest BCUT2D eigenvalue weighted by atomic mass is 10.5. The predicted octanol–water partition coefficient (Wildman–Crippen LogP) is -0.298. The fourth-order valence-electron chi connectivity index (χ4n) is 0.772. The average molecular weight is 206 g/mol. The first-order valence-electron chi connectivity index (χ1n) is 4.26. The Morgan fingerprint density at radius 1 is 1.38 bits per heavy atom. The molecular formula is C8H18N2O2S. The molecule has 0 bridgehead atoms. The fourth-order valence-corrected chi connectivity index (χ4v) is 1.14. The van der Waals surface area contributed by atoms with Crippen molar-refractivity contribution in [3.63, 3.8) is 0 Å². The molecule has 1 amide bonds. The van der Waals surface area contributed by atoms with Gasteiger partial charge in [0.25, 0.3) is 0 Å². The quantitative estimate of drug-likeness (QED) is 0.535. The van der Waals surface area contributed by atoms with Crippen LogP contribution in [-0.2, 0) is 9.53 Å². The number of thioether (sulfide) groups is 1. The SMILES string of the molecule is COCCNCCNC(=O)CSC. The molecule has 13 heavy (non-hydrogen) atoms. The van der Waals surface area contributed by atoms with Crippen LogP contribution in [0.25, 0.3) is 0 Å². The number of carbonyl (C=O) groups is 1. The molecule has 78 valence electrons. The Labute approximate surface area is 83.8 Å². The highest BCUT2D eigenvalue weighted by Crippen LogP contribution is 1.88. The highest BCUT2D eigenvalue weighted by atomic mass is 32.2. The van der Waals surface area contributed by atoms with Crippen LogP contribution in [0.5, 0.6) is 0 Å². The zero-order valence-corrected chi connectivity index (χ0v) is 9.08. The van der Waals surface area contributed by atoms with Crippen molar-refractivity contribution in [1.82, 2.24) is 10.6 Å². The maximum Gasteiger partial charge on any atom is 0.230 e. The topological polar surface area (TPSA) is 50.4 Å². The van der Waals surface area contributed by atoms with Crippen molar-refractivity contribution < 1.29 is 9.53 Å². The van der Waals surface area contributed by atoms with Gasteiger partial charge in [-0.2, -0.15) is 11.8 Å². The number of nitrogens with one attached hydrogen (secondary N) is 2. The zero-order chi connectivity index (χ0) is 9.94. The smallest absolute Gasteiger partial charge is 0.230 e. The molecule has 0 rings (SSSR count). The predicted molar refractivity (Wildman–Crippen MR) is 56.1 cm³/mol. The summed E-state index contributed by atoms with van der Waals surface area (Å²) >= 11 is 1.53. The van der Waals surface area contributed by atoms with Gasteiger partial charge < -0.3 is 15.4 Å². The van der Waals surface area contributed by atoms with Gasteiger partial charge in [-0.1, -0.05) is 0 Å². The summed E-state index contributed by atoms with van der Waals surface area (Å²) in [5, 5.41) is 5.93. The molecule has 5 heteroatoms. The third kappa shape index (κ3) is 9.66. The molecule has 0 aliphatic rings. The standard InChI is InChI=1S/C8H18N2O2S/c1-12-6-5-9-3-4-10-8(11)7-13-2/h9H,3-7H2,1-2H3,(H,10,11). The van der Waals surface area contributed by atoms with Crippen LogP contribution in [0.1, 0.15) is 0 Å². The van der Waals surface area contributed by atoms with Gasteiger partial charge >= 0.3 is 0 Å². The number of rotatable bonds is 8. The van der Waals surface area contributed by atoms with E-state index in [9.17, 15) is 4.79 Å². The molecule has 0 saturated carbocycles. The lowest BCUT2D eigenvalue weighted by molar-refractivity contribution is -0.118. The van der Waals surface area contributed by atoms with E-state index in [2.05, 4.69) is 10.6 Å². The van der Waals surface area contributed by atoms with E-state index in [0.717, 1.165) is 13.1 Å². The Bertz CT molecular complexity index is 133. The summed E-state index contributed by atoms with van der Waals surface area (Å²) in [6.45, 7) is 3.01. The highest BCUT2D eigenvalue weighted by Gasteiger charge is 1.96. The molecule has 0 radical (unpaired) electrons. The normalized spacial score (nSPS) is 10.0. The summed E-state index contributed by atoms with van der Waals surface area (Å²) in [6.07, 6.45) is 1.91. The molecule has 2 N–H and O–H groups in total. The second kappa shape index (κ2) is 9.83. The molecule has 0 atom stereocenters. The van der Waals surface area contributed by atoms with Gasteiger partial charge in [-0.05, 0) is 6.26 Å². The minimum absolute atomic E-state index is 0.0982. The minimum Gasteiger partial charge on any atom is -0.383 e. The largest absolute Gasteiger partial charge is 0.383 e. The first-order chi connectivity index (χ1) is 6.31. The van der Waals surface area contributed by atoms with Crippen LogP contribution in [-0.4, -0.2) is 51.3 Å². The number of methoxy groups -OCH3 is 1. The van der Waals surface area contributed by atoms with Gasteiger partial charge in [0.2, 0.25) is 5.91 Å². The number of amides is 1. The van der Waals surface area contributed by atoms with E-state index < -0.39 is 0 Å². The van der Waals surface area contributed by atoms with Gasteiger partial charge in [0, 0.05) is 26.7 Å². The number of hydrogen-bond donors (Lipinski definition) is 2. The Balaban J connectivity index is 3.02. The van der Waals surface area contributed by atoms with Crippen LogP contribution in [0.15, 0.2) is 0 Å². The van der Waals surface area contributed by atoms with Gasteiger partial charge in [0.05, 0.1) is 12.4 Å². The summed E-state index contributed by atoms with van der Waals surface area (Å²) in [5.74, 6) is 0.638. The Hall–Kier alpha value is -0.260. The monoisotopic (exact) mass is 206 g/mol. The summed E-state index contributed by atoms with van der Waals surface area (Å²) in [5.41, 5.74) is 0. The van der Waals surface area contributed by atoms with Crippen molar-refractivity contribution in [1.29, 1.82) is 0 Å². The molecule has 4 nitrogen and oxygen atoms in total. The molecule has 0 aromatic carbocycles. The van der Waals surface area contributed by atoms with Crippen LogP contribution in [0.3, 0.4) is 0 Å². The second-order valence-corrected chi connectivity index (χ2v) is 3.39. The first-order valence-corrected chi connectivity index (χ1v) is 5.66. The van der Waals surface area contributed by atoms with Crippen molar-refractivity contribution >= 4 is 17.7 Å². The van der Waals surface area contributed by atoms with E-state index in [-0.39, 0.29) is 5.91 Å². The van der Waals surface area contributed by atoms with Crippen LogP contribution in [0, 0.1) is 0 Å². The molecule has 0 heterocycles. The third-order valence-corrected chi connectivity index (χ3v) is 1.93. The van der Waals surface area contributed by atoms with E-state index in [4.69, 9.17) is 4.74 Å². The van der Waals surface area contributed by atoms with Crippen LogP contribution in [0.4, 0.5) is 0 Å². The maximum absolute atomic E-state index is 10.9. The average Bonchev–Trinajstić information content (AvgIpc) is 2.11. The molecule has 0 unspecified atom stereocenters. The Morgan fingerprint density at radius 3 is 2.77 bits per heavy atom. The Morgan fingerprint density at radius 2 is 2.15 bits per heavy atom. The Kier molecular flexibility index (Phi) is 9.63. The molecule has 0 spiro atoms. The van der Waals surface area contributed by atoms with Gasteiger partial charge in [-0.25, -0.2) is 0 Å². The van der Waals surface area contributed by atoms with E-state index in [0.29, 0.717) is 18.9 Å². The van der Waals surface area contributed by atoms with E-state index in [1.165, 1.54) is 11.8 Å². The molecule has 0 aromatic heterocycles. The summed E-state index contributed by atoms with van der Waals surface area (Å²) in [4.78, 5) is 10.9. The van der Waals surface area contributed by atoms with Gasteiger partial charge in [0.1, 0.15) is 0 Å². The number of hydrogen-bond acceptors (Lipinski definition) is 4. The van der Waals surface area contributed by atoms with Crippen molar-refractivity contribution in [3.05, 3.63) is 0 Å². The van der Waals surface area contributed by atoms with Crippen molar-refractivity contribution in [2.45, 2.75) is 0 Å². The molecule has 0 fully saturated rings. The second-order valence-electron chi connectivity index (χ2n) is 2.53. The van der Waals surface area contributed by atoms with E-state index in [1.54, 1.807) is 7.11 Å². The maximum atomic E-state index is 10.9. The van der Waals surface area contributed by atoms with E-state index >= 15 is 0 Å². The fraction of sp³-hybridized carbons (Fsp3) is 0.875. The molecular weight excluding hydrogens is 188 g/mol. The lowest BCUT2D eigenvalue weighted by Gasteiger charge is -2.05. The molecule has 0 saturated heterocycles.